The molecule has 2 N–H and O–H groups in total. The summed E-state index contributed by atoms with van der Waals surface area (Å²) in [7, 11) is 0. The number of fused-ring (bicyclic) bond motifs is 1. The molecule has 0 radical (unpaired) electrons. The van der Waals surface area contributed by atoms with E-state index in [9.17, 15) is 0 Å². The molecule has 0 spiro atoms. The monoisotopic (exact) mass is 300 g/mol. The Morgan fingerprint density at radius 3 is 2.72 bits per heavy atom. The van der Waals surface area contributed by atoms with Gasteiger partial charge in [-0.25, -0.2) is 0 Å². The number of rotatable bonds is 2. The van der Waals surface area contributed by atoms with Gasteiger partial charge < -0.3 is 10.3 Å². The van der Waals surface area contributed by atoms with Crippen molar-refractivity contribution in [3.63, 3.8) is 0 Å². The summed E-state index contributed by atoms with van der Waals surface area (Å²) < 4.78 is 3.25. The van der Waals surface area contributed by atoms with Crippen molar-refractivity contribution in [1.82, 2.24) is 4.57 Å². The maximum absolute atomic E-state index is 5.86. The van der Waals surface area contributed by atoms with Crippen LogP contribution in [0.3, 0.4) is 0 Å². The smallest absolute Gasteiger partial charge is 0.0483 e. The molecule has 3 heteroatoms. The Hall–Kier alpha value is -1.74. The second-order valence-electron chi connectivity index (χ2n) is 4.40. The molecular formula is C15H13BrN2. The van der Waals surface area contributed by atoms with E-state index < -0.39 is 0 Å². The maximum atomic E-state index is 5.86. The standard InChI is InChI=1S/C15H13BrN2/c16-13-7-11(8-14(17)9-13)10-18-6-5-12-3-1-2-4-15(12)18/h1-9H,10,17H2. The van der Waals surface area contributed by atoms with Gasteiger partial charge in [-0.3, -0.25) is 0 Å². The number of nitrogens with two attached hydrogens (primary N) is 1. The van der Waals surface area contributed by atoms with Gasteiger partial charge in [0.1, 0.15) is 0 Å². The summed E-state index contributed by atoms with van der Waals surface area (Å²) >= 11 is 3.48. The van der Waals surface area contributed by atoms with Gasteiger partial charge in [0.05, 0.1) is 0 Å². The first-order valence-electron chi connectivity index (χ1n) is 5.81. The molecule has 0 aliphatic rings. The second kappa shape index (κ2) is 4.50. The highest BCUT2D eigenvalue weighted by atomic mass is 79.9. The molecule has 18 heavy (non-hydrogen) atoms. The summed E-state index contributed by atoms with van der Waals surface area (Å²) in [6.45, 7) is 0.831. The number of hydrogen-bond acceptors (Lipinski definition) is 1. The Bertz CT molecular complexity index is 680. The molecule has 1 aromatic heterocycles. The van der Waals surface area contributed by atoms with Crippen LogP contribution in [-0.2, 0) is 6.54 Å². The van der Waals surface area contributed by atoms with Crippen molar-refractivity contribution in [1.29, 1.82) is 0 Å². The van der Waals surface area contributed by atoms with Crippen molar-refractivity contribution in [3.05, 3.63) is 64.8 Å². The van der Waals surface area contributed by atoms with Crippen LogP contribution in [0.4, 0.5) is 5.69 Å². The molecular weight excluding hydrogens is 288 g/mol. The maximum Gasteiger partial charge on any atom is 0.0483 e. The quantitative estimate of drug-likeness (QED) is 0.712. The fourth-order valence-electron chi connectivity index (χ4n) is 2.24. The molecule has 0 atom stereocenters. The summed E-state index contributed by atoms with van der Waals surface area (Å²) in [5, 5.41) is 1.26. The van der Waals surface area contributed by atoms with Crippen LogP contribution in [0.25, 0.3) is 10.9 Å². The van der Waals surface area contributed by atoms with E-state index in [1.807, 2.05) is 12.1 Å². The van der Waals surface area contributed by atoms with Gasteiger partial charge >= 0.3 is 0 Å². The van der Waals surface area contributed by atoms with Crippen molar-refractivity contribution in [2.45, 2.75) is 6.54 Å². The van der Waals surface area contributed by atoms with Crippen LogP contribution in [0.1, 0.15) is 5.56 Å². The minimum Gasteiger partial charge on any atom is -0.399 e. The Balaban J connectivity index is 2.01. The lowest BCUT2D eigenvalue weighted by Crippen LogP contribution is -1.99. The predicted molar refractivity (Wildman–Crippen MR) is 79.6 cm³/mol. The molecule has 3 aromatic rings. The van der Waals surface area contributed by atoms with E-state index in [2.05, 4.69) is 63.1 Å². The number of nitrogen functional groups attached to an aromatic ring is 1. The van der Waals surface area contributed by atoms with Crippen molar-refractivity contribution in [2.24, 2.45) is 0 Å². The third kappa shape index (κ3) is 2.14. The van der Waals surface area contributed by atoms with Gasteiger partial charge in [0.25, 0.3) is 0 Å². The van der Waals surface area contributed by atoms with Gasteiger partial charge in [-0.15, -0.1) is 0 Å². The van der Waals surface area contributed by atoms with Crippen LogP contribution < -0.4 is 5.73 Å². The van der Waals surface area contributed by atoms with E-state index in [0.29, 0.717) is 0 Å². The summed E-state index contributed by atoms with van der Waals surface area (Å²) in [5.41, 5.74) is 9.09. The van der Waals surface area contributed by atoms with Crippen molar-refractivity contribution in [2.75, 3.05) is 5.73 Å². The lowest BCUT2D eigenvalue weighted by Gasteiger charge is -2.07. The van der Waals surface area contributed by atoms with Gasteiger partial charge in [-0.1, -0.05) is 34.1 Å². The van der Waals surface area contributed by atoms with Crippen molar-refractivity contribution in [3.8, 4) is 0 Å². The minimum absolute atomic E-state index is 0.788. The number of aromatic nitrogens is 1. The second-order valence-corrected chi connectivity index (χ2v) is 5.31. The van der Waals surface area contributed by atoms with Gasteiger partial charge in [0.15, 0.2) is 0 Å². The molecule has 0 saturated heterocycles. The topological polar surface area (TPSA) is 30.9 Å². The number of halogens is 1. The Labute approximate surface area is 114 Å². The highest BCUT2D eigenvalue weighted by Gasteiger charge is 2.02. The van der Waals surface area contributed by atoms with Crippen LogP contribution in [0.2, 0.25) is 0 Å². The van der Waals surface area contributed by atoms with E-state index in [1.54, 1.807) is 0 Å². The normalized spacial score (nSPS) is 10.9. The van der Waals surface area contributed by atoms with Crippen LogP contribution in [0, 0.1) is 0 Å². The predicted octanol–water partition coefficient (Wildman–Crippen LogP) is 4.03. The highest BCUT2D eigenvalue weighted by Crippen LogP contribution is 2.21. The van der Waals surface area contributed by atoms with Gasteiger partial charge in [0.2, 0.25) is 0 Å². The van der Waals surface area contributed by atoms with E-state index in [1.165, 1.54) is 16.5 Å². The van der Waals surface area contributed by atoms with Gasteiger partial charge in [0, 0.05) is 28.4 Å². The van der Waals surface area contributed by atoms with E-state index in [4.69, 9.17) is 5.73 Å². The fourth-order valence-corrected chi connectivity index (χ4v) is 2.80. The molecule has 0 aliphatic heterocycles. The molecule has 0 amide bonds. The zero-order chi connectivity index (χ0) is 12.5. The van der Waals surface area contributed by atoms with E-state index in [-0.39, 0.29) is 0 Å². The van der Waals surface area contributed by atoms with Crippen LogP contribution in [-0.4, -0.2) is 4.57 Å². The zero-order valence-electron chi connectivity index (χ0n) is 9.81. The van der Waals surface area contributed by atoms with E-state index >= 15 is 0 Å². The molecule has 0 aliphatic carbocycles. The number of nitrogens with zero attached hydrogens (tertiary/aromatic N) is 1. The highest BCUT2D eigenvalue weighted by molar-refractivity contribution is 9.10. The van der Waals surface area contributed by atoms with E-state index in [0.717, 1.165) is 16.7 Å². The van der Waals surface area contributed by atoms with Crippen LogP contribution in [0.5, 0.6) is 0 Å². The molecule has 2 nitrogen and oxygen atoms in total. The number of hydrogen-bond donors (Lipinski definition) is 1. The van der Waals surface area contributed by atoms with Crippen LogP contribution in [0.15, 0.2) is 59.2 Å². The van der Waals surface area contributed by atoms with Crippen molar-refractivity contribution < 1.29 is 0 Å². The Kier molecular flexibility index (Phi) is 2.84. The number of para-hydroxylation sites is 1. The number of anilines is 1. The average molecular weight is 301 g/mol. The lowest BCUT2D eigenvalue weighted by molar-refractivity contribution is 0.837. The molecule has 90 valence electrons. The SMILES string of the molecule is Nc1cc(Br)cc(Cn2ccc3ccccc32)c1. The largest absolute Gasteiger partial charge is 0.399 e. The van der Waals surface area contributed by atoms with Crippen LogP contribution >= 0.6 is 15.9 Å². The number of benzene rings is 2. The summed E-state index contributed by atoms with van der Waals surface area (Å²) in [6, 6.07) is 16.5. The molecule has 0 saturated carbocycles. The first-order chi connectivity index (χ1) is 8.72. The molecule has 2 aromatic carbocycles. The summed E-state index contributed by atoms with van der Waals surface area (Å²) in [5.74, 6) is 0. The first kappa shape index (κ1) is 11.4. The lowest BCUT2D eigenvalue weighted by atomic mass is 10.2. The molecule has 0 unspecified atom stereocenters. The Morgan fingerprint density at radius 2 is 1.89 bits per heavy atom. The molecule has 1 heterocycles. The van der Waals surface area contributed by atoms with Crippen molar-refractivity contribution >= 4 is 32.5 Å². The van der Waals surface area contributed by atoms with Gasteiger partial charge in [-0.2, -0.15) is 0 Å². The van der Waals surface area contributed by atoms with Gasteiger partial charge in [-0.05, 0) is 41.3 Å². The third-order valence-corrected chi connectivity index (χ3v) is 3.47. The Morgan fingerprint density at radius 1 is 1.06 bits per heavy atom. The average Bonchev–Trinajstić information content (AvgIpc) is 2.72. The summed E-state index contributed by atoms with van der Waals surface area (Å²) in [4.78, 5) is 0. The molecule has 3 rings (SSSR count). The first-order valence-corrected chi connectivity index (χ1v) is 6.60. The zero-order valence-corrected chi connectivity index (χ0v) is 11.4. The molecule has 0 fully saturated rings. The fraction of sp³-hybridized carbons (Fsp3) is 0.0667. The minimum atomic E-state index is 0.788. The summed E-state index contributed by atoms with van der Waals surface area (Å²) in [6.07, 6.45) is 2.11. The third-order valence-electron chi connectivity index (χ3n) is 3.01. The molecule has 0 bridgehead atoms.